The van der Waals surface area contributed by atoms with Gasteiger partial charge in [0.05, 0.1) is 33.0 Å². The number of fused-ring (bicyclic) bond motifs is 14. The lowest BCUT2D eigenvalue weighted by Gasteiger charge is -2.16. The molecular weight excluding hydrogens is 743 g/mol. The number of hydrogen-bond donors (Lipinski definition) is 0. The second kappa shape index (κ2) is 12.9. The molecule has 0 atom stereocenters. The molecule has 61 heavy (non-hydrogen) atoms. The van der Waals surface area contributed by atoms with E-state index in [1.54, 1.807) is 0 Å². The van der Waals surface area contributed by atoms with Crippen molar-refractivity contribution in [3.8, 4) is 28.2 Å². The molecule has 284 valence electrons. The van der Waals surface area contributed by atoms with Crippen LogP contribution in [0.3, 0.4) is 0 Å². The second-order valence-electron chi connectivity index (χ2n) is 16.0. The van der Waals surface area contributed by atoms with Crippen molar-refractivity contribution in [2.24, 2.45) is 0 Å². The molecule has 0 saturated heterocycles. The maximum Gasteiger partial charge on any atom is 0.265 e. The topological polar surface area (TPSA) is 31.9 Å². The highest BCUT2D eigenvalue weighted by atomic mass is 16.1. The summed E-state index contributed by atoms with van der Waals surface area (Å²) in [6, 6.07) is 75.3. The Morgan fingerprint density at radius 3 is 1.33 bits per heavy atom. The fourth-order valence-corrected chi connectivity index (χ4v) is 10.2. The molecule has 0 aliphatic rings. The monoisotopic (exact) mass is 777 g/mol. The number of nitrogens with zero attached hydrogens (tertiary/aromatic N) is 3. The molecule has 13 aromatic rings. The van der Waals surface area contributed by atoms with Gasteiger partial charge in [0.15, 0.2) is 0 Å². The molecule has 13 rings (SSSR count). The maximum atomic E-state index is 14.9. The smallest absolute Gasteiger partial charge is 0.265 e. The van der Waals surface area contributed by atoms with Gasteiger partial charge in [0, 0.05) is 38.6 Å². The molecule has 0 spiro atoms. The van der Waals surface area contributed by atoms with Crippen LogP contribution >= 0.6 is 0 Å². The van der Waals surface area contributed by atoms with Crippen LogP contribution < -0.4 is 5.56 Å². The van der Waals surface area contributed by atoms with Crippen molar-refractivity contribution in [3.63, 3.8) is 0 Å². The lowest BCUT2D eigenvalue weighted by molar-refractivity contribution is 1.06. The molecule has 0 aliphatic heterocycles. The van der Waals surface area contributed by atoms with Crippen molar-refractivity contribution >= 4 is 86.8 Å². The van der Waals surface area contributed by atoms with Crippen LogP contribution in [0, 0.1) is 0 Å². The number of pyridine rings is 1. The van der Waals surface area contributed by atoms with Gasteiger partial charge < -0.3 is 9.13 Å². The summed E-state index contributed by atoms with van der Waals surface area (Å²) in [6.45, 7) is 0. The number of hydrogen-bond acceptors (Lipinski definition) is 1. The van der Waals surface area contributed by atoms with Gasteiger partial charge in [0.25, 0.3) is 5.56 Å². The van der Waals surface area contributed by atoms with E-state index in [0.717, 1.165) is 61.0 Å². The Kier molecular flexibility index (Phi) is 7.13. The fourth-order valence-electron chi connectivity index (χ4n) is 10.2. The summed E-state index contributed by atoms with van der Waals surface area (Å²) in [4.78, 5) is 14.9. The van der Waals surface area contributed by atoms with Crippen molar-refractivity contribution in [2.45, 2.75) is 0 Å². The van der Waals surface area contributed by atoms with E-state index in [1.165, 1.54) is 48.6 Å². The van der Waals surface area contributed by atoms with Gasteiger partial charge in [-0.1, -0.05) is 140 Å². The molecule has 4 nitrogen and oxygen atoms in total. The molecule has 0 fully saturated rings. The molecule has 0 saturated carbocycles. The van der Waals surface area contributed by atoms with Crippen LogP contribution in [0.1, 0.15) is 0 Å². The van der Waals surface area contributed by atoms with E-state index >= 15 is 0 Å². The van der Waals surface area contributed by atoms with Crippen LogP contribution in [0.15, 0.2) is 217 Å². The first-order valence-corrected chi connectivity index (χ1v) is 20.8. The van der Waals surface area contributed by atoms with E-state index in [-0.39, 0.29) is 5.56 Å². The second-order valence-corrected chi connectivity index (χ2v) is 16.0. The van der Waals surface area contributed by atoms with Gasteiger partial charge in [-0.3, -0.25) is 9.36 Å². The lowest BCUT2D eigenvalue weighted by Crippen LogP contribution is -2.19. The summed E-state index contributed by atoms with van der Waals surface area (Å²) < 4.78 is 6.56. The molecular formula is C57H35N3O. The molecule has 3 heterocycles. The average Bonchev–Trinajstić information content (AvgIpc) is 3.86. The fraction of sp³-hybridized carbons (Fsp3) is 0. The van der Waals surface area contributed by atoms with E-state index in [2.05, 4.69) is 179 Å². The molecule has 0 amide bonds. The van der Waals surface area contributed by atoms with Gasteiger partial charge in [-0.25, -0.2) is 0 Å². The van der Waals surface area contributed by atoms with Crippen LogP contribution in [-0.2, 0) is 0 Å². The Balaban J connectivity index is 1.07. The van der Waals surface area contributed by atoms with E-state index in [0.29, 0.717) is 5.39 Å². The zero-order valence-electron chi connectivity index (χ0n) is 33.0. The predicted octanol–water partition coefficient (Wildman–Crippen LogP) is 14.3. The molecule has 4 heteroatoms. The Bertz CT molecular complexity index is 3970. The van der Waals surface area contributed by atoms with E-state index in [1.807, 2.05) is 47.0 Å². The summed E-state index contributed by atoms with van der Waals surface area (Å²) in [5.41, 5.74) is 10.2. The minimum absolute atomic E-state index is 0.0311. The number of aromatic nitrogens is 3. The Labute approximate surface area is 350 Å². The minimum Gasteiger partial charge on any atom is -0.309 e. The highest BCUT2D eigenvalue weighted by Gasteiger charge is 2.22. The first-order chi connectivity index (χ1) is 30.2. The standard InChI is InChI=1S/C57H35N3O/c61-57-55-47-24-12-14-26-52(47)59(38-15-3-1-4-16-38)56(55)50-34-37(28-32-54(50)60(57)39-17-5-2-6-18-39)36-27-31-53-49(33-36)46-23-11-13-25-51(46)58(53)40-29-30-45-43-21-8-7-19-41(43)42-20-9-10-22-44(42)48(45)35-40/h1-35H. The predicted molar refractivity (Wildman–Crippen MR) is 256 cm³/mol. The van der Waals surface area contributed by atoms with Crippen LogP contribution in [0.2, 0.25) is 0 Å². The summed E-state index contributed by atoms with van der Waals surface area (Å²) >= 11 is 0. The molecule has 0 bridgehead atoms. The van der Waals surface area contributed by atoms with Crippen LogP contribution in [0.4, 0.5) is 0 Å². The molecule has 0 aliphatic carbocycles. The third kappa shape index (κ3) is 4.84. The SMILES string of the molecule is O=c1c2c3ccccc3n(-c3ccccc3)c2c2cc(-c3ccc4c(c3)c3ccccc3n4-c3ccc4c5ccccc5c5ccccc5c4c3)ccc2n1-c1ccccc1. The lowest BCUT2D eigenvalue weighted by atomic mass is 9.94. The first kappa shape index (κ1) is 33.7. The van der Waals surface area contributed by atoms with Crippen molar-refractivity contribution in [1.29, 1.82) is 0 Å². The quantitative estimate of drug-likeness (QED) is 0.164. The Hall–Kier alpha value is -8.21. The Morgan fingerprint density at radius 1 is 0.262 bits per heavy atom. The van der Waals surface area contributed by atoms with Crippen molar-refractivity contribution in [1.82, 2.24) is 13.7 Å². The number of benzene rings is 10. The molecule has 0 radical (unpaired) electrons. The van der Waals surface area contributed by atoms with E-state index < -0.39 is 0 Å². The zero-order chi connectivity index (χ0) is 40.2. The number of rotatable bonds is 4. The maximum absolute atomic E-state index is 14.9. The summed E-state index contributed by atoms with van der Waals surface area (Å²) in [7, 11) is 0. The van der Waals surface area contributed by atoms with Gasteiger partial charge in [-0.15, -0.1) is 0 Å². The Morgan fingerprint density at radius 2 is 0.705 bits per heavy atom. The summed E-state index contributed by atoms with van der Waals surface area (Å²) in [5.74, 6) is 0. The molecule has 10 aromatic carbocycles. The molecule has 3 aromatic heterocycles. The van der Waals surface area contributed by atoms with E-state index in [9.17, 15) is 4.79 Å². The highest BCUT2D eigenvalue weighted by Crippen LogP contribution is 2.41. The van der Waals surface area contributed by atoms with Gasteiger partial charge in [-0.05, 0) is 116 Å². The van der Waals surface area contributed by atoms with Gasteiger partial charge in [0.1, 0.15) is 0 Å². The van der Waals surface area contributed by atoms with Crippen LogP contribution in [0.5, 0.6) is 0 Å². The van der Waals surface area contributed by atoms with Gasteiger partial charge in [-0.2, -0.15) is 0 Å². The molecule has 0 unspecified atom stereocenters. The van der Waals surface area contributed by atoms with Crippen LogP contribution in [0.25, 0.3) is 115 Å². The third-order valence-corrected chi connectivity index (χ3v) is 12.8. The van der Waals surface area contributed by atoms with E-state index in [4.69, 9.17) is 0 Å². The number of para-hydroxylation sites is 4. The van der Waals surface area contributed by atoms with Crippen molar-refractivity contribution in [2.75, 3.05) is 0 Å². The largest absolute Gasteiger partial charge is 0.309 e. The summed E-state index contributed by atoms with van der Waals surface area (Å²) in [6.07, 6.45) is 0. The van der Waals surface area contributed by atoms with Crippen molar-refractivity contribution < 1.29 is 0 Å². The van der Waals surface area contributed by atoms with Gasteiger partial charge >= 0.3 is 0 Å². The van der Waals surface area contributed by atoms with Crippen molar-refractivity contribution in [3.05, 3.63) is 223 Å². The molecule has 0 N–H and O–H groups in total. The first-order valence-electron chi connectivity index (χ1n) is 20.8. The summed E-state index contributed by atoms with van der Waals surface area (Å²) in [5, 5.41) is 12.6. The third-order valence-electron chi connectivity index (χ3n) is 12.8. The van der Waals surface area contributed by atoms with Crippen LogP contribution in [-0.4, -0.2) is 13.7 Å². The van der Waals surface area contributed by atoms with Gasteiger partial charge in [0.2, 0.25) is 0 Å². The average molecular weight is 778 g/mol. The zero-order valence-corrected chi connectivity index (χ0v) is 33.0. The normalized spacial score (nSPS) is 12.0. The highest BCUT2D eigenvalue weighted by molar-refractivity contribution is 6.26. The minimum atomic E-state index is -0.0311.